The molecule has 3 unspecified atom stereocenters. The zero-order chi connectivity index (χ0) is 12.3. The fourth-order valence-corrected chi connectivity index (χ4v) is 2.17. The molecule has 0 spiro atoms. The van der Waals surface area contributed by atoms with Gasteiger partial charge in [-0.1, -0.05) is 19.1 Å². The lowest BCUT2D eigenvalue weighted by Gasteiger charge is -2.18. The molecule has 0 saturated heterocycles. The molecule has 3 atom stereocenters. The Morgan fingerprint density at radius 3 is 2.88 bits per heavy atom. The van der Waals surface area contributed by atoms with Crippen LogP contribution in [0.2, 0.25) is 0 Å². The minimum absolute atomic E-state index is 0.234. The summed E-state index contributed by atoms with van der Waals surface area (Å²) in [6.45, 7) is 3.99. The molecular weight excluding hydrogens is 212 g/mol. The molecule has 1 aromatic rings. The number of rotatable bonds is 6. The third kappa shape index (κ3) is 3.20. The second-order valence-corrected chi connectivity index (χ2v) is 4.95. The molecule has 0 bridgehead atoms. The maximum atomic E-state index is 5.83. The van der Waals surface area contributed by atoms with Crippen LogP contribution in [0, 0.1) is 11.8 Å². The summed E-state index contributed by atoms with van der Waals surface area (Å²) in [5, 5.41) is 3.55. The summed E-state index contributed by atoms with van der Waals surface area (Å²) in [6, 6.07) is 8.36. The lowest BCUT2D eigenvalue weighted by Crippen LogP contribution is -2.30. The molecule has 94 valence electrons. The first-order chi connectivity index (χ1) is 8.24. The number of nitrogens with two attached hydrogens (primary N) is 1. The Morgan fingerprint density at radius 2 is 2.29 bits per heavy atom. The van der Waals surface area contributed by atoms with Crippen LogP contribution < -0.4 is 15.8 Å². The quantitative estimate of drug-likeness (QED) is 0.791. The molecule has 3 heteroatoms. The summed E-state index contributed by atoms with van der Waals surface area (Å²) < 4.78 is 5.24. The summed E-state index contributed by atoms with van der Waals surface area (Å²) in [7, 11) is 1.69. The highest BCUT2D eigenvalue weighted by molar-refractivity contribution is 5.30. The Morgan fingerprint density at radius 1 is 1.53 bits per heavy atom. The van der Waals surface area contributed by atoms with Gasteiger partial charge in [0, 0.05) is 12.6 Å². The molecule has 0 amide bonds. The van der Waals surface area contributed by atoms with Gasteiger partial charge in [0.25, 0.3) is 0 Å². The normalized spacial score (nSPS) is 24.4. The number of benzene rings is 1. The van der Waals surface area contributed by atoms with Gasteiger partial charge in [0.15, 0.2) is 0 Å². The second-order valence-electron chi connectivity index (χ2n) is 4.95. The number of methoxy groups -OCH3 is 1. The van der Waals surface area contributed by atoms with Gasteiger partial charge in [0.1, 0.15) is 5.75 Å². The third-order valence-electron chi connectivity index (χ3n) is 3.63. The summed E-state index contributed by atoms with van der Waals surface area (Å²) >= 11 is 0. The lowest BCUT2D eigenvalue weighted by atomic mass is 10.1. The van der Waals surface area contributed by atoms with Crippen LogP contribution in [0.3, 0.4) is 0 Å². The molecule has 1 aromatic carbocycles. The average molecular weight is 234 g/mol. The maximum Gasteiger partial charge on any atom is 0.119 e. The summed E-state index contributed by atoms with van der Waals surface area (Å²) in [4.78, 5) is 0. The second kappa shape index (κ2) is 5.52. The number of nitrogens with one attached hydrogen (secondary N) is 1. The predicted molar refractivity (Wildman–Crippen MR) is 70.1 cm³/mol. The molecule has 3 nitrogen and oxygen atoms in total. The van der Waals surface area contributed by atoms with Crippen molar-refractivity contribution in [3.63, 3.8) is 0 Å². The first-order valence-electron chi connectivity index (χ1n) is 6.32. The Balaban J connectivity index is 1.95. The monoisotopic (exact) mass is 234 g/mol. The first kappa shape index (κ1) is 12.4. The fourth-order valence-electron chi connectivity index (χ4n) is 2.17. The van der Waals surface area contributed by atoms with Crippen LogP contribution in [0.5, 0.6) is 5.75 Å². The van der Waals surface area contributed by atoms with Gasteiger partial charge < -0.3 is 15.8 Å². The maximum absolute atomic E-state index is 5.83. The van der Waals surface area contributed by atoms with Crippen LogP contribution >= 0.6 is 0 Å². The van der Waals surface area contributed by atoms with Gasteiger partial charge in [0.2, 0.25) is 0 Å². The number of hydrogen-bond donors (Lipinski definition) is 2. The molecule has 0 radical (unpaired) electrons. The first-order valence-corrected chi connectivity index (χ1v) is 6.32. The Kier molecular flexibility index (Phi) is 4.02. The van der Waals surface area contributed by atoms with E-state index in [4.69, 9.17) is 10.5 Å². The van der Waals surface area contributed by atoms with E-state index in [1.807, 2.05) is 12.1 Å². The van der Waals surface area contributed by atoms with E-state index >= 15 is 0 Å². The largest absolute Gasteiger partial charge is 0.497 e. The molecule has 17 heavy (non-hydrogen) atoms. The van der Waals surface area contributed by atoms with E-state index in [9.17, 15) is 0 Å². The van der Waals surface area contributed by atoms with Gasteiger partial charge in [-0.25, -0.2) is 0 Å². The summed E-state index contributed by atoms with van der Waals surface area (Å²) in [6.07, 6.45) is 1.35. The molecule has 2 rings (SSSR count). The topological polar surface area (TPSA) is 47.3 Å². The molecule has 1 aliphatic carbocycles. The molecule has 0 heterocycles. The molecule has 3 N–H and O–H groups in total. The van der Waals surface area contributed by atoms with Gasteiger partial charge in [0.05, 0.1) is 7.11 Å². The molecule has 1 aliphatic rings. The Hall–Kier alpha value is -1.06. The van der Waals surface area contributed by atoms with Gasteiger partial charge in [-0.05, 0) is 42.5 Å². The van der Waals surface area contributed by atoms with Crippen LogP contribution in [-0.4, -0.2) is 20.2 Å². The molecule has 1 fully saturated rings. The van der Waals surface area contributed by atoms with Crippen molar-refractivity contribution in [1.82, 2.24) is 5.32 Å². The van der Waals surface area contributed by atoms with Crippen molar-refractivity contribution in [1.29, 1.82) is 0 Å². The SMILES string of the molecule is COc1cccc(C(CN)NCC2CC2C)c1. The van der Waals surface area contributed by atoms with E-state index < -0.39 is 0 Å². The Bertz CT molecular complexity index is 367. The highest BCUT2D eigenvalue weighted by Crippen LogP contribution is 2.37. The van der Waals surface area contributed by atoms with Crippen molar-refractivity contribution in [2.24, 2.45) is 17.6 Å². The van der Waals surface area contributed by atoms with Crippen molar-refractivity contribution in [2.45, 2.75) is 19.4 Å². The third-order valence-corrected chi connectivity index (χ3v) is 3.63. The highest BCUT2D eigenvalue weighted by atomic mass is 16.5. The van der Waals surface area contributed by atoms with Gasteiger partial charge in [-0.2, -0.15) is 0 Å². The van der Waals surface area contributed by atoms with E-state index in [2.05, 4.69) is 24.4 Å². The van der Waals surface area contributed by atoms with Crippen molar-refractivity contribution in [2.75, 3.05) is 20.2 Å². The standard InChI is InChI=1S/C14H22N2O/c1-10-6-12(10)9-16-14(8-15)11-4-3-5-13(7-11)17-2/h3-5,7,10,12,14,16H,6,8-9,15H2,1-2H3. The van der Waals surface area contributed by atoms with Crippen LogP contribution in [0.4, 0.5) is 0 Å². The molecule has 0 aliphatic heterocycles. The zero-order valence-corrected chi connectivity index (χ0v) is 10.6. The van der Waals surface area contributed by atoms with Crippen molar-refractivity contribution >= 4 is 0 Å². The fraction of sp³-hybridized carbons (Fsp3) is 0.571. The summed E-state index contributed by atoms with van der Waals surface area (Å²) in [5.74, 6) is 2.61. The molecule has 0 aromatic heterocycles. The van der Waals surface area contributed by atoms with E-state index in [0.29, 0.717) is 6.54 Å². The number of ether oxygens (including phenoxy) is 1. The van der Waals surface area contributed by atoms with Gasteiger partial charge in [-0.15, -0.1) is 0 Å². The van der Waals surface area contributed by atoms with Crippen LogP contribution in [-0.2, 0) is 0 Å². The molecule has 1 saturated carbocycles. The highest BCUT2D eigenvalue weighted by Gasteiger charge is 2.32. The zero-order valence-electron chi connectivity index (χ0n) is 10.6. The van der Waals surface area contributed by atoms with E-state index in [-0.39, 0.29) is 6.04 Å². The van der Waals surface area contributed by atoms with E-state index in [1.54, 1.807) is 7.11 Å². The lowest BCUT2D eigenvalue weighted by molar-refractivity contribution is 0.412. The van der Waals surface area contributed by atoms with E-state index in [0.717, 1.165) is 24.1 Å². The number of hydrogen-bond acceptors (Lipinski definition) is 3. The molecular formula is C14H22N2O. The van der Waals surface area contributed by atoms with Crippen molar-refractivity contribution in [3.8, 4) is 5.75 Å². The van der Waals surface area contributed by atoms with Crippen LogP contribution in [0.15, 0.2) is 24.3 Å². The van der Waals surface area contributed by atoms with Gasteiger partial charge >= 0.3 is 0 Å². The van der Waals surface area contributed by atoms with Crippen molar-refractivity contribution in [3.05, 3.63) is 29.8 Å². The minimum Gasteiger partial charge on any atom is -0.497 e. The average Bonchev–Trinajstić information content (AvgIpc) is 3.06. The van der Waals surface area contributed by atoms with Crippen LogP contribution in [0.25, 0.3) is 0 Å². The summed E-state index contributed by atoms with van der Waals surface area (Å²) in [5.41, 5.74) is 7.04. The van der Waals surface area contributed by atoms with Crippen molar-refractivity contribution < 1.29 is 4.74 Å². The minimum atomic E-state index is 0.234. The van der Waals surface area contributed by atoms with Gasteiger partial charge in [-0.3, -0.25) is 0 Å². The van der Waals surface area contributed by atoms with E-state index in [1.165, 1.54) is 12.0 Å². The predicted octanol–water partition coefficient (Wildman–Crippen LogP) is 1.94. The van der Waals surface area contributed by atoms with Crippen LogP contribution in [0.1, 0.15) is 24.9 Å². The smallest absolute Gasteiger partial charge is 0.119 e. The Labute approximate surface area is 103 Å².